The molecule has 0 saturated carbocycles. The first kappa shape index (κ1) is 41.5. The number of ether oxygens (including phenoxy) is 6. The normalized spacial score (nSPS) is 19.8. The third kappa shape index (κ3) is 11.4. The molecule has 2 saturated heterocycles. The van der Waals surface area contributed by atoms with Crippen LogP contribution in [0.5, 0.6) is 11.5 Å². The average Bonchev–Trinajstić information content (AvgIpc) is 3.81. The molecule has 8 nitrogen and oxygen atoms in total. The van der Waals surface area contributed by atoms with E-state index in [1.807, 2.05) is 74.7 Å². The van der Waals surface area contributed by atoms with Gasteiger partial charge in [0.15, 0.2) is 12.7 Å². The minimum Gasteiger partial charge on any atom is -0.486 e. The van der Waals surface area contributed by atoms with Crippen LogP contribution in [0.2, 0.25) is 0 Å². The summed E-state index contributed by atoms with van der Waals surface area (Å²) in [6, 6.07) is 8.60. The second-order valence-corrected chi connectivity index (χ2v) is 19.0. The highest BCUT2D eigenvalue weighted by Crippen LogP contribution is 2.40. The molecular weight excluding hydrogens is 725 g/mol. The van der Waals surface area contributed by atoms with Crippen molar-refractivity contribution in [3.63, 3.8) is 0 Å². The standard InChI is InChI=1S/C39H52O8S4/c1-11-33(40)45-28(7)37(42-17-31-19-48-22-50-31)46-36-26(5)15-30(16-27(36)6)38(8,9)29-13-24(3)35(25(4)14-29)43-21-39(10,47-34(41)12-2)44-18-32-20-49-23-51-32/h11-16,28,31-32,37H,1-2,17-23H2,3-10H3. The molecule has 0 aromatic heterocycles. The van der Waals surface area contributed by atoms with Crippen LogP contribution in [0.3, 0.4) is 0 Å². The monoisotopic (exact) mass is 776 g/mol. The number of hydrogen-bond acceptors (Lipinski definition) is 12. The third-order valence-corrected chi connectivity index (χ3v) is 14.5. The summed E-state index contributed by atoms with van der Waals surface area (Å²) in [6.45, 7) is 24.1. The molecule has 5 unspecified atom stereocenters. The van der Waals surface area contributed by atoms with E-state index in [-0.39, 0.29) is 12.0 Å². The summed E-state index contributed by atoms with van der Waals surface area (Å²) >= 11 is 7.48. The Morgan fingerprint density at radius 2 is 1.33 bits per heavy atom. The van der Waals surface area contributed by atoms with Crippen molar-refractivity contribution < 1.29 is 38.0 Å². The van der Waals surface area contributed by atoms with E-state index in [0.717, 1.165) is 73.0 Å². The second kappa shape index (κ2) is 18.7. The lowest BCUT2D eigenvalue weighted by Crippen LogP contribution is -2.42. The summed E-state index contributed by atoms with van der Waals surface area (Å²) < 4.78 is 36.4. The second-order valence-electron chi connectivity index (χ2n) is 13.6. The van der Waals surface area contributed by atoms with E-state index in [4.69, 9.17) is 28.4 Å². The molecule has 2 aliphatic rings. The number of carbonyl (C=O) groups is 2. The van der Waals surface area contributed by atoms with E-state index in [1.54, 1.807) is 13.8 Å². The van der Waals surface area contributed by atoms with E-state index in [2.05, 4.69) is 51.3 Å². The van der Waals surface area contributed by atoms with E-state index in [0.29, 0.717) is 29.5 Å². The van der Waals surface area contributed by atoms with Crippen molar-refractivity contribution in [2.75, 3.05) is 41.5 Å². The highest BCUT2D eigenvalue weighted by molar-refractivity contribution is 8.19. The summed E-state index contributed by atoms with van der Waals surface area (Å²) in [5.74, 6) is 1.11. The number of benzene rings is 2. The Kier molecular flexibility index (Phi) is 15.2. The van der Waals surface area contributed by atoms with Gasteiger partial charge in [0.2, 0.25) is 12.1 Å². The van der Waals surface area contributed by atoms with Crippen LogP contribution in [0, 0.1) is 27.7 Å². The van der Waals surface area contributed by atoms with Crippen molar-refractivity contribution in [3.05, 3.63) is 83.0 Å². The zero-order valence-corrected chi connectivity index (χ0v) is 34.3. The molecule has 0 N–H and O–H groups in total. The highest BCUT2D eigenvalue weighted by atomic mass is 32.2. The lowest BCUT2D eigenvalue weighted by Gasteiger charge is -2.32. The first-order valence-electron chi connectivity index (χ1n) is 17.0. The Balaban J connectivity index is 1.52. The Morgan fingerprint density at radius 3 is 1.82 bits per heavy atom. The Hall–Kier alpha value is -2.22. The number of rotatable bonds is 18. The van der Waals surface area contributed by atoms with Crippen molar-refractivity contribution in [3.8, 4) is 11.5 Å². The molecule has 0 amide bonds. The fourth-order valence-corrected chi connectivity index (χ4v) is 11.3. The number of carbonyl (C=O) groups excluding carboxylic acids is 2. The van der Waals surface area contributed by atoms with E-state index < -0.39 is 30.1 Å². The van der Waals surface area contributed by atoms with Gasteiger partial charge in [-0.2, -0.15) is 0 Å². The minimum atomic E-state index is -1.27. The molecule has 2 aromatic carbocycles. The average molecular weight is 777 g/mol. The van der Waals surface area contributed by atoms with Gasteiger partial charge in [0.1, 0.15) is 11.5 Å². The van der Waals surface area contributed by atoms with Crippen molar-refractivity contribution in [1.82, 2.24) is 0 Å². The van der Waals surface area contributed by atoms with Crippen molar-refractivity contribution in [1.29, 1.82) is 0 Å². The topological polar surface area (TPSA) is 89.5 Å². The van der Waals surface area contributed by atoms with Gasteiger partial charge in [0.25, 0.3) is 0 Å². The summed E-state index contributed by atoms with van der Waals surface area (Å²) in [5, 5.41) is 2.79. The Morgan fingerprint density at radius 1 is 0.824 bits per heavy atom. The maximum atomic E-state index is 12.2. The van der Waals surface area contributed by atoms with Crippen LogP contribution in [-0.2, 0) is 34.0 Å². The van der Waals surface area contributed by atoms with Gasteiger partial charge in [-0.15, -0.1) is 47.0 Å². The molecule has 2 heterocycles. The molecule has 280 valence electrons. The summed E-state index contributed by atoms with van der Waals surface area (Å²) in [6.07, 6.45) is 0.873. The van der Waals surface area contributed by atoms with Gasteiger partial charge in [-0.1, -0.05) is 51.3 Å². The molecule has 0 bridgehead atoms. The fraction of sp³-hybridized carbons (Fsp3) is 0.538. The first-order valence-corrected chi connectivity index (χ1v) is 21.4. The Bertz CT molecular complexity index is 1500. The SMILES string of the molecule is C=CC(=O)OC(C)C(OCC1CSCS1)Oc1c(C)cc(C(C)(C)c2cc(C)c(OCC(C)(OCC3CSCS3)OC(=O)C=C)c(C)c2)cc1C. The molecule has 2 aromatic rings. The molecule has 2 fully saturated rings. The van der Waals surface area contributed by atoms with Crippen molar-refractivity contribution in [2.45, 2.75) is 89.5 Å². The summed E-state index contributed by atoms with van der Waals surface area (Å²) in [5.41, 5.74) is 5.73. The number of hydrogen-bond donors (Lipinski definition) is 0. The van der Waals surface area contributed by atoms with Gasteiger partial charge < -0.3 is 28.4 Å². The van der Waals surface area contributed by atoms with Crippen LogP contribution in [-0.4, -0.2) is 82.1 Å². The predicted molar refractivity (Wildman–Crippen MR) is 214 cm³/mol. The molecule has 5 atom stereocenters. The van der Waals surface area contributed by atoms with Crippen molar-refractivity contribution >= 4 is 59.0 Å². The number of thioether (sulfide) groups is 4. The van der Waals surface area contributed by atoms with Gasteiger partial charge in [0.05, 0.1) is 13.2 Å². The molecule has 12 heteroatoms. The smallest absolute Gasteiger partial charge is 0.332 e. The van der Waals surface area contributed by atoms with Gasteiger partial charge in [0, 0.05) is 56.7 Å². The fourth-order valence-electron chi connectivity index (χ4n) is 5.84. The number of esters is 2. The van der Waals surface area contributed by atoms with Crippen LogP contribution in [0.1, 0.15) is 61.1 Å². The molecule has 0 spiro atoms. The number of aryl methyl sites for hydroxylation is 4. The lowest BCUT2D eigenvalue weighted by molar-refractivity contribution is -0.229. The Labute approximate surface area is 320 Å². The largest absolute Gasteiger partial charge is 0.486 e. The van der Waals surface area contributed by atoms with Crippen LogP contribution in [0.15, 0.2) is 49.6 Å². The van der Waals surface area contributed by atoms with E-state index in [9.17, 15) is 9.59 Å². The van der Waals surface area contributed by atoms with E-state index in [1.165, 1.54) is 0 Å². The van der Waals surface area contributed by atoms with Crippen LogP contribution in [0.4, 0.5) is 0 Å². The molecular formula is C39H52O8S4. The first-order chi connectivity index (χ1) is 24.2. The summed E-state index contributed by atoms with van der Waals surface area (Å²) in [4.78, 5) is 24.3. The molecule has 2 aliphatic heterocycles. The van der Waals surface area contributed by atoms with Gasteiger partial charge in [-0.3, -0.25) is 0 Å². The van der Waals surface area contributed by atoms with Crippen LogP contribution < -0.4 is 9.47 Å². The van der Waals surface area contributed by atoms with E-state index >= 15 is 0 Å². The zero-order valence-electron chi connectivity index (χ0n) is 31.0. The lowest BCUT2D eigenvalue weighted by atomic mass is 9.76. The van der Waals surface area contributed by atoms with Gasteiger partial charge >= 0.3 is 11.9 Å². The van der Waals surface area contributed by atoms with Gasteiger partial charge in [-0.25, -0.2) is 9.59 Å². The molecule has 51 heavy (non-hydrogen) atoms. The van der Waals surface area contributed by atoms with Gasteiger partial charge in [-0.05, 0) is 68.0 Å². The predicted octanol–water partition coefficient (Wildman–Crippen LogP) is 8.54. The summed E-state index contributed by atoms with van der Waals surface area (Å²) in [7, 11) is 0. The minimum absolute atomic E-state index is 0.0377. The molecule has 0 aliphatic carbocycles. The zero-order chi connectivity index (χ0) is 37.3. The van der Waals surface area contributed by atoms with Crippen LogP contribution in [0.25, 0.3) is 0 Å². The molecule has 0 radical (unpaired) electrons. The van der Waals surface area contributed by atoms with Crippen LogP contribution >= 0.6 is 47.0 Å². The quantitative estimate of drug-likeness (QED) is 0.0826. The highest BCUT2D eigenvalue weighted by Gasteiger charge is 2.34. The maximum absolute atomic E-state index is 12.2. The third-order valence-electron chi connectivity index (χ3n) is 8.81. The maximum Gasteiger partial charge on any atom is 0.332 e. The molecule has 4 rings (SSSR count). The van der Waals surface area contributed by atoms with Crippen molar-refractivity contribution in [2.24, 2.45) is 0 Å².